The van der Waals surface area contributed by atoms with Gasteiger partial charge in [0, 0.05) is 5.57 Å². The second-order valence-corrected chi connectivity index (χ2v) is 6.33. The monoisotopic (exact) mass is 653 g/mol. The van der Waals surface area contributed by atoms with E-state index in [-0.39, 0.29) is 27.5 Å². The van der Waals surface area contributed by atoms with Crippen LogP contribution in [0.4, 0.5) is 61.5 Å². The van der Waals surface area contributed by atoms with Crippen molar-refractivity contribution in [3.8, 4) is 0 Å². The summed E-state index contributed by atoms with van der Waals surface area (Å²) in [6.45, 7) is 0.393. The number of hydrogen-bond donors (Lipinski definition) is 0. The van der Waals surface area contributed by atoms with Crippen molar-refractivity contribution in [2.45, 2.75) is 62.2 Å². The van der Waals surface area contributed by atoms with Crippen molar-refractivity contribution in [2.75, 3.05) is 0 Å². The molecule has 0 heterocycles. The first-order valence-electron chi connectivity index (χ1n) is 7.63. The first-order chi connectivity index (χ1) is 12.6. The van der Waals surface area contributed by atoms with Gasteiger partial charge in [-0.15, -0.1) is 0 Å². The largest absolute Gasteiger partial charge is 2.00 e. The van der Waals surface area contributed by atoms with Crippen molar-refractivity contribution in [2.24, 2.45) is 5.92 Å². The first-order valence-corrected chi connectivity index (χ1v) is 7.63. The predicted molar refractivity (Wildman–Crippen MR) is 71.1 cm³/mol. The van der Waals surface area contributed by atoms with Crippen molar-refractivity contribution >= 4 is 0 Å². The zero-order valence-corrected chi connectivity index (χ0v) is 16.7. The molecule has 0 aromatic rings. The van der Waals surface area contributed by atoms with Gasteiger partial charge < -0.3 is 0 Å². The molecule has 178 valence electrons. The molecule has 15 heteroatoms. The molecular formula is C15H12F14Pt+2. The maximum atomic E-state index is 14.2. The molecule has 0 nitrogen and oxygen atoms in total. The molecule has 0 aromatic heterocycles. The van der Waals surface area contributed by atoms with Gasteiger partial charge >= 0.3 is 57.1 Å². The predicted octanol–water partition coefficient (Wildman–Crippen LogP) is 7.32. The Morgan fingerprint density at radius 3 is 1.53 bits per heavy atom. The van der Waals surface area contributed by atoms with Gasteiger partial charge in [-0.2, -0.15) is 61.5 Å². The summed E-state index contributed by atoms with van der Waals surface area (Å²) >= 11 is 0. The quantitative estimate of drug-likeness (QED) is 0.221. The molecule has 1 aliphatic rings. The maximum Gasteiger partial charge on any atom is 2.00 e. The second kappa shape index (κ2) is 8.61. The van der Waals surface area contributed by atoms with Crippen molar-refractivity contribution < 1.29 is 82.5 Å². The Kier molecular flexibility index (Phi) is 8.38. The third kappa shape index (κ3) is 4.67. The molecule has 0 saturated heterocycles. The minimum absolute atomic E-state index is 0. The number of rotatable bonds is 4. The van der Waals surface area contributed by atoms with Crippen LogP contribution in [0.15, 0.2) is 23.3 Å². The van der Waals surface area contributed by atoms with Crippen LogP contribution < -0.4 is 0 Å². The van der Waals surface area contributed by atoms with E-state index in [2.05, 4.69) is 0 Å². The molecule has 1 atom stereocenters. The molecule has 1 unspecified atom stereocenters. The Morgan fingerprint density at radius 2 is 1.13 bits per heavy atom. The van der Waals surface area contributed by atoms with Gasteiger partial charge in [0.1, 0.15) is 0 Å². The van der Waals surface area contributed by atoms with Crippen LogP contribution in [-0.2, 0) is 21.1 Å². The Hall–Kier alpha value is -0.812. The molecule has 0 saturated carbocycles. The van der Waals surface area contributed by atoms with E-state index in [1.165, 1.54) is 0 Å². The van der Waals surface area contributed by atoms with E-state index in [1.807, 2.05) is 0 Å². The average molecular weight is 653 g/mol. The van der Waals surface area contributed by atoms with Gasteiger partial charge in [-0.05, 0) is 26.2 Å². The zero-order valence-electron chi connectivity index (χ0n) is 14.5. The van der Waals surface area contributed by atoms with Crippen molar-refractivity contribution in [1.29, 1.82) is 0 Å². The summed E-state index contributed by atoms with van der Waals surface area (Å²) in [5, 5.41) is 0. The van der Waals surface area contributed by atoms with E-state index in [1.54, 1.807) is 0 Å². The van der Waals surface area contributed by atoms with E-state index in [0.29, 0.717) is 13.0 Å². The molecule has 0 radical (unpaired) electrons. The Morgan fingerprint density at radius 1 is 0.700 bits per heavy atom. The standard InChI is InChI=1S/C15H12F14.Pt/c1-7-5-3-2-4-6-8(10(16,17)12(20,21)14(24,25)26)9(7)11(18,19)13(22,23)15(27,28)29;/h2,4,8H,3,5-6H2,1H3;/q;+2. The van der Waals surface area contributed by atoms with Crippen LogP contribution in [0.3, 0.4) is 0 Å². The van der Waals surface area contributed by atoms with Crippen molar-refractivity contribution in [1.82, 2.24) is 0 Å². The van der Waals surface area contributed by atoms with E-state index in [9.17, 15) is 61.5 Å². The van der Waals surface area contributed by atoms with Gasteiger partial charge in [-0.3, -0.25) is 0 Å². The summed E-state index contributed by atoms with van der Waals surface area (Å²) in [5.41, 5.74) is -4.07. The van der Waals surface area contributed by atoms with E-state index < -0.39 is 65.9 Å². The summed E-state index contributed by atoms with van der Waals surface area (Å²) in [7, 11) is 0. The van der Waals surface area contributed by atoms with Crippen LogP contribution in [0.5, 0.6) is 0 Å². The van der Waals surface area contributed by atoms with Crippen LogP contribution in [-0.4, -0.2) is 36.0 Å². The minimum Gasteiger partial charge on any atom is -0.199 e. The number of halogens is 14. The fourth-order valence-corrected chi connectivity index (χ4v) is 2.77. The topological polar surface area (TPSA) is 0 Å². The zero-order chi connectivity index (χ0) is 23.3. The number of hydrogen-bond acceptors (Lipinski definition) is 0. The molecule has 0 spiro atoms. The third-order valence-corrected chi connectivity index (χ3v) is 4.33. The number of allylic oxidation sites excluding steroid dienone is 4. The molecule has 1 aliphatic carbocycles. The molecule has 0 N–H and O–H groups in total. The normalized spacial score (nSPS) is 20.6. The third-order valence-electron chi connectivity index (χ3n) is 4.33. The smallest absolute Gasteiger partial charge is 0.199 e. The summed E-state index contributed by atoms with van der Waals surface area (Å²) in [5.74, 6) is -31.0. The number of alkyl halides is 14. The molecule has 0 amide bonds. The van der Waals surface area contributed by atoms with Gasteiger partial charge in [0.05, 0.1) is 5.92 Å². The minimum atomic E-state index is -7.01. The summed E-state index contributed by atoms with van der Waals surface area (Å²) < 4.78 is 185. The fraction of sp³-hybridized carbons (Fsp3) is 0.733. The van der Waals surface area contributed by atoms with Gasteiger partial charge in [-0.1, -0.05) is 17.7 Å². The van der Waals surface area contributed by atoms with Crippen LogP contribution in [0.25, 0.3) is 0 Å². The van der Waals surface area contributed by atoms with E-state index in [0.717, 1.165) is 6.08 Å². The maximum absolute atomic E-state index is 14.2. The van der Waals surface area contributed by atoms with E-state index >= 15 is 0 Å². The first kappa shape index (κ1) is 29.2. The summed E-state index contributed by atoms with van der Waals surface area (Å²) in [6, 6.07) is 0. The van der Waals surface area contributed by atoms with Crippen LogP contribution in [0.2, 0.25) is 0 Å². The Balaban J connectivity index is 0.00000841. The SMILES string of the molecule is CC1=C(C(F)(F)C(F)(F)C(F)(F)F)C(C(F)(F)C(F)(F)C(F)(F)F)CC=CCC1.[Pt+2]. The summed E-state index contributed by atoms with van der Waals surface area (Å²) in [6.07, 6.45) is -15.6. The van der Waals surface area contributed by atoms with Gasteiger partial charge in [0.25, 0.3) is 0 Å². The molecular weight excluding hydrogens is 641 g/mol. The fourth-order valence-electron chi connectivity index (χ4n) is 2.77. The van der Waals surface area contributed by atoms with Crippen molar-refractivity contribution in [3.05, 3.63) is 23.3 Å². The molecule has 0 bridgehead atoms. The Bertz CT molecular complexity index is 668. The van der Waals surface area contributed by atoms with Crippen LogP contribution >= 0.6 is 0 Å². The van der Waals surface area contributed by atoms with Gasteiger partial charge in [0.15, 0.2) is 0 Å². The van der Waals surface area contributed by atoms with Crippen LogP contribution in [0.1, 0.15) is 26.2 Å². The Labute approximate surface area is 174 Å². The second-order valence-electron chi connectivity index (χ2n) is 6.33. The van der Waals surface area contributed by atoms with Gasteiger partial charge in [0.2, 0.25) is 0 Å². The average Bonchev–Trinajstić information content (AvgIpc) is 2.47. The molecule has 1 rings (SSSR count). The summed E-state index contributed by atoms with van der Waals surface area (Å²) in [4.78, 5) is 0. The van der Waals surface area contributed by atoms with Crippen LogP contribution in [0, 0.1) is 5.92 Å². The molecule has 0 aromatic carbocycles. The molecule has 0 fully saturated rings. The molecule has 30 heavy (non-hydrogen) atoms. The molecule has 0 aliphatic heterocycles. The van der Waals surface area contributed by atoms with Gasteiger partial charge in [-0.25, -0.2) is 0 Å². The van der Waals surface area contributed by atoms with Crippen molar-refractivity contribution in [3.63, 3.8) is 0 Å². The van der Waals surface area contributed by atoms with E-state index in [4.69, 9.17) is 0 Å².